The summed E-state index contributed by atoms with van der Waals surface area (Å²) in [4.78, 5) is 25.6. The maximum Gasteiger partial charge on any atom is 0.267 e. The van der Waals surface area contributed by atoms with Crippen molar-refractivity contribution in [2.75, 3.05) is 25.5 Å². The molecule has 1 amide bonds. The number of rotatable bonds is 7. The fourth-order valence-corrected chi connectivity index (χ4v) is 5.76. The van der Waals surface area contributed by atoms with Crippen LogP contribution in [0.2, 0.25) is 0 Å². The molecule has 1 fully saturated rings. The summed E-state index contributed by atoms with van der Waals surface area (Å²) in [5.74, 6) is 0.244. The van der Waals surface area contributed by atoms with Gasteiger partial charge in [0.2, 0.25) is 15.9 Å². The Labute approximate surface area is 204 Å². The molecule has 9 nitrogen and oxygen atoms in total. The number of sulfonamides is 1. The van der Waals surface area contributed by atoms with Gasteiger partial charge in [-0.2, -0.15) is 9.40 Å². The second-order valence-electron chi connectivity index (χ2n) is 8.49. The lowest BCUT2D eigenvalue weighted by molar-refractivity contribution is -0.119. The molecule has 0 radical (unpaired) electrons. The minimum Gasteiger partial charge on any atom is -0.497 e. The van der Waals surface area contributed by atoms with Gasteiger partial charge in [-0.3, -0.25) is 9.59 Å². The van der Waals surface area contributed by atoms with Gasteiger partial charge < -0.3 is 10.1 Å². The highest BCUT2D eigenvalue weighted by molar-refractivity contribution is 7.89. The van der Waals surface area contributed by atoms with Crippen LogP contribution in [0, 0.1) is 6.92 Å². The molecule has 1 unspecified atom stereocenters. The molecule has 0 aliphatic carbocycles. The summed E-state index contributed by atoms with van der Waals surface area (Å²) in [6.45, 7) is 4.36. The third kappa shape index (κ3) is 5.13. The van der Waals surface area contributed by atoms with E-state index in [1.165, 1.54) is 16.4 Å². The number of nitrogens with one attached hydrogen (secondary N) is 1. The number of carbonyl (C=O) groups is 1. The summed E-state index contributed by atoms with van der Waals surface area (Å²) in [6, 6.07) is 13.9. The average Bonchev–Trinajstić information content (AvgIpc) is 3.41. The van der Waals surface area contributed by atoms with Crippen LogP contribution in [0.4, 0.5) is 5.69 Å². The Balaban J connectivity index is 1.62. The summed E-state index contributed by atoms with van der Waals surface area (Å²) in [7, 11) is -2.07. The normalized spacial score (nSPS) is 15.1. The molecule has 184 valence electrons. The summed E-state index contributed by atoms with van der Waals surface area (Å²) in [6.07, 6.45) is 1.70. The average molecular weight is 497 g/mol. The molecule has 1 aliphatic heterocycles. The summed E-state index contributed by atoms with van der Waals surface area (Å²) >= 11 is 0. The van der Waals surface area contributed by atoms with Gasteiger partial charge in [0.1, 0.15) is 11.8 Å². The number of hydrogen-bond acceptors (Lipinski definition) is 6. The lowest BCUT2D eigenvalue weighted by Crippen LogP contribution is -2.33. The van der Waals surface area contributed by atoms with Gasteiger partial charge in [0, 0.05) is 30.4 Å². The van der Waals surface area contributed by atoms with E-state index in [1.54, 1.807) is 63.4 Å². The molecule has 4 rings (SSSR count). The first-order valence-electron chi connectivity index (χ1n) is 11.4. The van der Waals surface area contributed by atoms with Gasteiger partial charge in [-0.15, -0.1) is 0 Å². The number of hydrogen-bond donors (Lipinski definition) is 1. The molecule has 10 heteroatoms. The fourth-order valence-electron chi connectivity index (χ4n) is 3.99. The van der Waals surface area contributed by atoms with Gasteiger partial charge in [-0.25, -0.2) is 13.1 Å². The Hall–Kier alpha value is -3.50. The zero-order valence-electron chi connectivity index (χ0n) is 19.9. The molecule has 1 aromatic heterocycles. The van der Waals surface area contributed by atoms with E-state index in [4.69, 9.17) is 4.74 Å². The highest BCUT2D eigenvalue weighted by Crippen LogP contribution is 2.28. The van der Waals surface area contributed by atoms with Crippen molar-refractivity contribution >= 4 is 21.6 Å². The second-order valence-corrected chi connectivity index (χ2v) is 10.4. The Morgan fingerprint density at radius 1 is 1.06 bits per heavy atom. The summed E-state index contributed by atoms with van der Waals surface area (Å²) in [5, 5.41) is 7.16. The number of ether oxygens (including phenoxy) is 1. The minimum absolute atomic E-state index is 0.224. The van der Waals surface area contributed by atoms with E-state index >= 15 is 0 Å². The number of benzene rings is 2. The van der Waals surface area contributed by atoms with Crippen LogP contribution in [-0.4, -0.2) is 48.6 Å². The van der Waals surface area contributed by atoms with E-state index in [1.807, 2.05) is 0 Å². The van der Waals surface area contributed by atoms with Gasteiger partial charge in [0.15, 0.2) is 0 Å². The van der Waals surface area contributed by atoms with Crippen molar-refractivity contribution < 1.29 is 17.9 Å². The van der Waals surface area contributed by atoms with Crippen LogP contribution in [0.5, 0.6) is 5.75 Å². The van der Waals surface area contributed by atoms with Crippen LogP contribution in [0.15, 0.2) is 64.3 Å². The summed E-state index contributed by atoms with van der Waals surface area (Å²) < 4.78 is 34.0. The van der Waals surface area contributed by atoms with Crippen LogP contribution in [-0.2, 0) is 14.8 Å². The lowest BCUT2D eigenvalue weighted by atomic mass is 10.1. The van der Waals surface area contributed by atoms with Crippen molar-refractivity contribution in [1.29, 1.82) is 0 Å². The SMILES string of the molecule is COc1ccc(NC(=O)C(C)n2nc(-c3ccc(C)c(S(=O)(=O)N4CCCC4)c3)ccc2=O)cc1. The van der Waals surface area contributed by atoms with Crippen LogP contribution < -0.4 is 15.6 Å². The van der Waals surface area contributed by atoms with Crippen molar-refractivity contribution in [1.82, 2.24) is 14.1 Å². The van der Waals surface area contributed by atoms with Crippen molar-refractivity contribution in [3.8, 4) is 17.0 Å². The molecule has 2 heterocycles. The third-order valence-corrected chi connectivity index (χ3v) is 8.14. The minimum atomic E-state index is -3.62. The van der Waals surface area contributed by atoms with E-state index < -0.39 is 27.5 Å². The maximum atomic E-state index is 13.2. The predicted octanol–water partition coefficient (Wildman–Crippen LogP) is 3.21. The van der Waals surface area contributed by atoms with Gasteiger partial charge >= 0.3 is 0 Å². The third-order valence-electron chi connectivity index (χ3n) is 6.10. The zero-order chi connectivity index (χ0) is 25.2. The van der Waals surface area contributed by atoms with Crippen LogP contribution >= 0.6 is 0 Å². The van der Waals surface area contributed by atoms with E-state index in [0.717, 1.165) is 17.5 Å². The fraction of sp³-hybridized carbons (Fsp3) is 0.320. The van der Waals surface area contributed by atoms with Crippen molar-refractivity contribution in [3.63, 3.8) is 0 Å². The number of nitrogens with zero attached hydrogens (tertiary/aromatic N) is 3. The number of carbonyl (C=O) groups excluding carboxylic acids is 1. The molecule has 3 aromatic rings. The highest BCUT2D eigenvalue weighted by Gasteiger charge is 2.29. The Kier molecular flexibility index (Phi) is 7.04. The molecule has 0 bridgehead atoms. The van der Waals surface area contributed by atoms with Crippen LogP contribution in [0.1, 0.15) is 31.4 Å². The predicted molar refractivity (Wildman–Crippen MR) is 133 cm³/mol. The lowest BCUT2D eigenvalue weighted by Gasteiger charge is -2.18. The molecule has 1 saturated heterocycles. The largest absolute Gasteiger partial charge is 0.497 e. The molecule has 2 aromatic carbocycles. The van der Waals surface area contributed by atoms with E-state index in [2.05, 4.69) is 10.4 Å². The van der Waals surface area contributed by atoms with Gasteiger partial charge in [0.25, 0.3) is 5.56 Å². The topological polar surface area (TPSA) is 111 Å². The molecular formula is C25H28N4O5S. The molecule has 1 N–H and O–H groups in total. The second kappa shape index (κ2) is 10.0. The Bertz CT molecular complexity index is 1390. The maximum absolute atomic E-state index is 13.2. The van der Waals surface area contributed by atoms with E-state index in [0.29, 0.717) is 41.3 Å². The smallest absolute Gasteiger partial charge is 0.267 e. The van der Waals surface area contributed by atoms with Crippen LogP contribution in [0.3, 0.4) is 0 Å². The van der Waals surface area contributed by atoms with E-state index in [-0.39, 0.29) is 4.90 Å². The number of methoxy groups -OCH3 is 1. The van der Waals surface area contributed by atoms with E-state index in [9.17, 15) is 18.0 Å². The molecule has 1 atom stereocenters. The Morgan fingerprint density at radius 3 is 2.40 bits per heavy atom. The van der Waals surface area contributed by atoms with Gasteiger partial charge in [-0.05, 0) is 68.7 Å². The van der Waals surface area contributed by atoms with Gasteiger partial charge in [0.05, 0.1) is 17.7 Å². The number of aryl methyl sites for hydroxylation is 1. The van der Waals surface area contributed by atoms with Gasteiger partial charge in [-0.1, -0.05) is 12.1 Å². The first kappa shape index (κ1) is 24.6. The summed E-state index contributed by atoms with van der Waals surface area (Å²) in [5.41, 5.74) is 1.70. The molecule has 35 heavy (non-hydrogen) atoms. The van der Waals surface area contributed by atoms with Crippen molar-refractivity contribution in [2.45, 2.75) is 37.6 Å². The first-order chi connectivity index (χ1) is 16.7. The molecule has 0 spiro atoms. The quantitative estimate of drug-likeness (QED) is 0.538. The monoisotopic (exact) mass is 496 g/mol. The Morgan fingerprint density at radius 2 is 1.74 bits per heavy atom. The van der Waals surface area contributed by atoms with Crippen LogP contribution in [0.25, 0.3) is 11.3 Å². The first-order valence-corrected chi connectivity index (χ1v) is 12.8. The number of amides is 1. The van der Waals surface area contributed by atoms with Crippen molar-refractivity contribution in [2.24, 2.45) is 0 Å². The number of anilines is 1. The molecule has 0 saturated carbocycles. The molecule has 1 aliphatic rings. The number of aromatic nitrogens is 2. The highest BCUT2D eigenvalue weighted by atomic mass is 32.2. The molecular weight excluding hydrogens is 468 g/mol. The standard InChI is InChI=1S/C25H28N4O5S/c1-17-6-7-19(16-23(17)35(32,33)28-14-4-5-15-28)22-12-13-24(30)29(27-22)18(2)25(31)26-20-8-10-21(34-3)11-9-20/h6-13,16,18H,4-5,14-15H2,1-3H3,(H,26,31). The van der Waals surface area contributed by atoms with Crippen molar-refractivity contribution in [3.05, 3.63) is 70.5 Å². The zero-order valence-corrected chi connectivity index (χ0v) is 20.7.